The zero-order valence-corrected chi connectivity index (χ0v) is 15.3. The molecule has 0 spiro atoms. The second-order valence-corrected chi connectivity index (χ2v) is 7.19. The molecule has 0 radical (unpaired) electrons. The maximum Gasteiger partial charge on any atom is 0.259 e. The minimum absolute atomic E-state index is 0.143. The van der Waals surface area contributed by atoms with E-state index < -0.39 is 0 Å². The van der Waals surface area contributed by atoms with Crippen molar-refractivity contribution in [1.29, 1.82) is 0 Å². The summed E-state index contributed by atoms with van der Waals surface area (Å²) in [5.74, 6) is 0.423. The van der Waals surface area contributed by atoms with Gasteiger partial charge in [-0.1, -0.05) is 17.7 Å². The quantitative estimate of drug-likeness (QED) is 0.758. The van der Waals surface area contributed by atoms with Crippen LogP contribution in [0.5, 0.6) is 0 Å². The summed E-state index contributed by atoms with van der Waals surface area (Å²) in [6.45, 7) is 3.65. The topological polar surface area (TPSA) is 66.1 Å². The third-order valence-electron chi connectivity index (χ3n) is 3.78. The van der Waals surface area contributed by atoms with Crippen LogP contribution in [0.4, 0.5) is 0 Å². The fraction of sp³-hybridized carbons (Fsp3) is 0.235. The summed E-state index contributed by atoms with van der Waals surface area (Å²) in [5.41, 5.74) is 2.00. The Morgan fingerprint density at radius 2 is 2.00 bits per heavy atom. The molecule has 0 saturated heterocycles. The monoisotopic (exact) mass is 361 g/mol. The van der Waals surface area contributed by atoms with Crippen molar-refractivity contribution in [3.8, 4) is 10.4 Å². The highest BCUT2D eigenvalue weighted by atomic mass is 35.5. The molecule has 0 bridgehead atoms. The van der Waals surface area contributed by atoms with E-state index in [0.717, 1.165) is 16.0 Å². The number of aryl methyl sites for hydroxylation is 2. The Morgan fingerprint density at radius 3 is 2.67 bits per heavy atom. The lowest BCUT2D eigenvalue weighted by molar-refractivity contribution is 0.0828. The zero-order valence-electron chi connectivity index (χ0n) is 13.7. The lowest BCUT2D eigenvalue weighted by Gasteiger charge is -2.12. The van der Waals surface area contributed by atoms with Crippen molar-refractivity contribution in [2.45, 2.75) is 13.8 Å². The van der Waals surface area contributed by atoms with Crippen LogP contribution >= 0.6 is 22.9 Å². The molecule has 2 heterocycles. The van der Waals surface area contributed by atoms with E-state index in [1.165, 1.54) is 16.2 Å². The minimum atomic E-state index is -0.160. The Morgan fingerprint density at radius 1 is 1.29 bits per heavy atom. The van der Waals surface area contributed by atoms with Gasteiger partial charge in [-0.05, 0) is 37.1 Å². The first-order chi connectivity index (χ1) is 11.3. The molecule has 24 heavy (non-hydrogen) atoms. The number of nitrogens with one attached hydrogen (secondary N) is 1. The first kappa shape index (κ1) is 16.7. The number of hydrogen-bond acceptors (Lipinski definition) is 4. The summed E-state index contributed by atoms with van der Waals surface area (Å²) in [4.78, 5) is 34.7. The second kappa shape index (κ2) is 6.03. The highest BCUT2D eigenvalue weighted by molar-refractivity contribution is 7.22. The van der Waals surface area contributed by atoms with Crippen LogP contribution in [-0.2, 0) is 0 Å². The number of carbonyl (C=O) groups is 1. The van der Waals surface area contributed by atoms with Gasteiger partial charge in [-0.2, -0.15) is 0 Å². The normalized spacial score (nSPS) is 11.0. The molecule has 124 valence electrons. The number of aromatic nitrogens is 2. The largest absolute Gasteiger partial charge is 0.345 e. The van der Waals surface area contributed by atoms with Crippen molar-refractivity contribution < 1.29 is 4.79 Å². The average molecular weight is 362 g/mol. The molecular weight excluding hydrogens is 346 g/mol. The fourth-order valence-electron chi connectivity index (χ4n) is 2.60. The van der Waals surface area contributed by atoms with Crippen LogP contribution in [-0.4, -0.2) is 34.9 Å². The Bertz CT molecular complexity index is 1020. The number of rotatable bonds is 2. The van der Waals surface area contributed by atoms with Gasteiger partial charge < -0.3 is 9.88 Å². The summed E-state index contributed by atoms with van der Waals surface area (Å²) >= 11 is 7.62. The third kappa shape index (κ3) is 2.72. The average Bonchev–Trinajstić information content (AvgIpc) is 2.84. The van der Waals surface area contributed by atoms with Gasteiger partial charge in [0, 0.05) is 19.0 Å². The van der Waals surface area contributed by atoms with Crippen molar-refractivity contribution in [2.75, 3.05) is 14.1 Å². The van der Waals surface area contributed by atoms with Gasteiger partial charge in [0.25, 0.3) is 11.5 Å². The van der Waals surface area contributed by atoms with E-state index in [4.69, 9.17) is 11.6 Å². The zero-order chi connectivity index (χ0) is 17.6. The molecular formula is C17H16ClN3O2S. The second-order valence-electron chi connectivity index (χ2n) is 5.78. The summed E-state index contributed by atoms with van der Waals surface area (Å²) in [7, 11) is 3.37. The smallest absolute Gasteiger partial charge is 0.259 e. The minimum Gasteiger partial charge on any atom is -0.345 e. The standard InChI is InChI=1S/C17H16ClN3O2S/c1-8-13-15(22)19-9(2)20-16(13)24-14(8)10-5-6-12(18)11(7-10)17(23)21(3)4/h5-7H,1-4H3,(H,19,20,22). The van der Waals surface area contributed by atoms with E-state index in [2.05, 4.69) is 9.97 Å². The molecule has 0 unspecified atom stereocenters. The number of carbonyl (C=O) groups excluding carboxylic acids is 1. The molecule has 0 atom stereocenters. The Kier molecular flexibility index (Phi) is 4.19. The summed E-state index contributed by atoms with van der Waals surface area (Å²) < 4.78 is 0. The van der Waals surface area contributed by atoms with Crippen LogP contribution in [0, 0.1) is 13.8 Å². The number of amides is 1. The predicted molar refractivity (Wildman–Crippen MR) is 98.2 cm³/mol. The number of benzene rings is 1. The highest BCUT2D eigenvalue weighted by Crippen LogP contribution is 2.37. The molecule has 1 N–H and O–H groups in total. The van der Waals surface area contributed by atoms with E-state index in [9.17, 15) is 9.59 Å². The lowest BCUT2D eigenvalue weighted by atomic mass is 10.1. The molecule has 1 aromatic carbocycles. The fourth-order valence-corrected chi connectivity index (χ4v) is 4.02. The maximum absolute atomic E-state index is 12.3. The molecule has 0 aliphatic carbocycles. The molecule has 1 amide bonds. The number of thiophene rings is 1. The third-order valence-corrected chi connectivity index (χ3v) is 5.35. The summed E-state index contributed by atoms with van der Waals surface area (Å²) in [5, 5.41) is 0.999. The van der Waals surface area contributed by atoms with Gasteiger partial charge in [-0.3, -0.25) is 9.59 Å². The van der Waals surface area contributed by atoms with Gasteiger partial charge in [0.05, 0.1) is 16.0 Å². The lowest BCUT2D eigenvalue weighted by Crippen LogP contribution is -2.22. The van der Waals surface area contributed by atoms with Crippen LogP contribution < -0.4 is 5.56 Å². The first-order valence-electron chi connectivity index (χ1n) is 7.31. The van der Waals surface area contributed by atoms with Gasteiger partial charge in [-0.15, -0.1) is 11.3 Å². The number of aromatic amines is 1. The van der Waals surface area contributed by atoms with E-state index in [-0.39, 0.29) is 11.5 Å². The number of hydrogen-bond donors (Lipinski definition) is 1. The number of halogens is 1. The van der Waals surface area contributed by atoms with Gasteiger partial charge in [0.1, 0.15) is 10.7 Å². The Labute approximate surface area is 147 Å². The van der Waals surface area contributed by atoms with Crippen molar-refractivity contribution in [1.82, 2.24) is 14.9 Å². The molecule has 5 nitrogen and oxygen atoms in total. The van der Waals surface area contributed by atoms with Crippen LogP contribution in [0.25, 0.3) is 20.7 Å². The molecule has 3 rings (SSSR count). The Balaban J connectivity index is 2.23. The van der Waals surface area contributed by atoms with Gasteiger partial charge in [0.2, 0.25) is 0 Å². The van der Waals surface area contributed by atoms with Crippen LogP contribution in [0.2, 0.25) is 5.02 Å². The van der Waals surface area contributed by atoms with Crippen molar-refractivity contribution >= 4 is 39.1 Å². The summed E-state index contributed by atoms with van der Waals surface area (Å²) in [6.07, 6.45) is 0. The van der Waals surface area contributed by atoms with Gasteiger partial charge >= 0.3 is 0 Å². The van der Waals surface area contributed by atoms with Crippen LogP contribution in [0.3, 0.4) is 0 Å². The van der Waals surface area contributed by atoms with Crippen molar-refractivity contribution in [3.63, 3.8) is 0 Å². The SMILES string of the molecule is Cc1nc2sc(-c3ccc(Cl)c(C(=O)N(C)C)c3)c(C)c2c(=O)[nH]1. The van der Waals surface area contributed by atoms with Gasteiger partial charge in [-0.25, -0.2) is 4.98 Å². The highest BCUT2D eigenvalue weighted by Gasteiger charge is 2.18. The van der Waals surface area contributed by atoms with E-state index in [1.807, 2.05) is 13.0 Å². The molecule has 0 fully saturated rings. The number of H-pyrrole nitrogens is 1. The molecule has 7 heteroatoms. The van der Waals surface area contributed by atoms with E-state index >= 15 is 0 Å². The number of nitrogens with zero attached hydrogens (tertiary/aromatic N) is 2. The first-order valence-corrected chi connectivity index (χ1v) is 8.50. The molecule has 2 aromatic heterocycles. The number of fused-ring (bicyclic) bond motifs is 1. The molecule has 0 saturated carbocycles. The van der Waals surface area contributed by atoms with Crippen LogP contribution in [0.15, 0.2) is 23.0 Å². The predicted octanol–water partition coefficient (Wildman–Crippen LogP) is 3.62. The van der Waals surface area contributed by atoms with Crippen LogP contribution in [0.1, 0.15) is 21.7 Å². The Hall–Kier alpha value is -2.18. The summed E-state index contributed by atoms with van der Waals surface area (Å²) in [6, 6.07) is 5.33. The van der Waals surface area contributed by atoms with E-state index in [1.54, 1.807) is 33.2 Å². The van der Waals surface area contributed by atoms with Crippen molar-refractivity contribution in [3.05, 3.63) is 50.5 Å². The van der Waals surface area contributed by atoms with E-state index in [0.29, 0.717) is 26.6 Å². The molecule has 3 aromatic rings. The van der Waals surface area contributed by atoms with Crippen molar-refractivity contribution in [2.24, 2.45) is 0 Å². The molecule has 0 aliphatic heterocycles. The van der Waals surface area contributed by atoms with Gasteiger partial charge in [0.15, 0.2) is 0 Å². The molecule has 0 aliphatic rings. The maximum atomic E-state index is 12.3.